The van der Waals surface area contributed by atoms with Crippen molar-refractivity contribution in [2.45, 2.75) is 36.7 Å². The number of rotatable bonds is 3. The van der Waals surface area contributed by atoms with Crippen molar-refractivity contribution < 1.29 is 13.9 Å². The molecular weight excluding hydrogens is 361 g/mol. The predicted octanol–water partition coefficient (Wildman–Crippen LogP) is 4.21. The number of benzene rings is 2. The van der Waals surface area contributed by atoms with E-state index < -0.39 is 0 Å². The lowest BCUT2D eigenvalue weighted by atomic mass is 9.87. The van der Waals surface area contributed by atoms with Gasteiger partial charge in [-0.1, -0.05) is 36.4 Å². The zero-order chi connectivity index (χ0) is 18.8. The summed E-state index contributed by atoms with van der Waals surface area (Å²) in [4.78, 5) is 15.3. The third kappa shape index (κ3) is 3.76. The minimum Gasteiger partial charge on any atom is -0.367 e. The molecule has 0 unspecified atom stereocenters. The van der Waals surface area contributed by atoms with Crippen molar-refractivity contribution in [2.24, 2.45) is 0 Å². The maximum absolute atomic E-state index is 13.5. The van der Waals surface area contributed by atoms with Crippen molar-refractivity contribution in [3.63, 3.8) is 0 Å². The number of hydrogen-bond acceptors (Lipinski definition) is 3. The Morgan fingerprint density at radius 3 is 2.63 bits per heavy atom. The van der Waals surface area contributed by atoms with Crippen LogP contribution in [0.25, 0.3) is 0 Å². The fourth-order valence-electron chi connectivity index (χ4n) is 4.10. The minimum absolute atomic E-state index is 0.0541. The highest BCUT2D eigenvalue weighted by molar-refractivity contribution is 7.99. The number of nitrogens with zero attached hydrogens (tertiary/aromatic N) is 1. The van der Waals surface area contributed by atoms with Crippen molar-refractivity contribution in [2.75, 3.05) is 19.4 Å². The molecular formula is C22H24FNO2S. The third-order valence-electron chi connectivity index (χ3n) is 5.60. The summed E-state index contributed by atoms with van der Waals surface area (Å²) in [7, 11) is 0. The van der Waals surface area contributed by atoms with E-state index in [0.29, 0.717) is 18.4 Å². The second kappa shape index (κ2) is 8.03. The number of carbonyl (C=O) groups excluding carboxylic acids is 1. The van der Waals surface area contributed by atoms with Crippen LogP contribution in [0.15, 0.2) is 48.5 Å². The topological polar surface area (TPSA) is 29.5 Å². The van der Waals surface area contributed by atoms with Crippen molar-refractivity contribution in [1.82, 2.24) is 4.90 Å². The van der Waals surface area contributed by atoms with Crippen molar-refractivity contribution >= 4 is 17.7 Å². The molecule has 3 atom stereocenters. The van der Waals surface area contributed by atoms with Crippen LogP contribution in [0, 0.1) is 5.82 Å². The second-order valence-electron chi connectivity index (χ2n) is 7.19. The molecule has 1 saturated heterocycles. The van der Waals surface area contributed by atoms with Gasteiger partial charge in [-0.2, -0.15) is 11.8 Å². The van der Waals surface area contributed by atoms with Gasteiger partial charge in [0.1, 0.15) is 11.9 Å². The van der Waals surface area contributed by atoms with Gasteiger partial charge in [-0.3, -0.25) is 4.79 Å². The van der Waals surface area contributed by atoms with E-state index in [-0.39, 0.29) is 23.9 Å². The number of hydrogen-bond donors (Lipinski definition) is 0. The van der Waals surface area contributed by atoms with Crippen LogP contribution in [0.4, 0.5) is 4.39 Å². The average Bonchev–Trinajstić information content (AvgIpc) is 2.73. The molecule has 5 heteroatoms. The summed E-state index contributed by atoms with van der Waals surface area (Å²) in [5, 5.41) is 0.476. The van der Waals surface area contributed by atoms with Crippen molar-refractivity contribution in [3.8, 4) is 0 Å². The molecule has 0 bridgehead atoms. The standard InChI is InChI=1S/C22H24FNO2S/c1-27-18-10-11-20(26-14-18)22(25)24-13-12-15-4-2-3-5-19(15)21(24)16-6-8-17(23)9-7-16/h2-9,18,20-21H,10-14H2,1H3/t18-,20-,21+/m1/s1. The molecule has 2 aromatic carbocycles. The highest BCUT2D eigenvalue weighted by Gasteiger charge is 2.37. The van der Waals surface area contributed by atoms with Gasteiger partial charge in [-0.15, -0.1) is 0 Å². The summed E-state index contributed by atoms with van der Waals surface area (Å²) >= 11 is 1.80. The smallest absolute Gasteiger partial charge is 0.252 e. The Labute approximate surface area is 163 Å². The molecule has 0 radical (unpaired) electrons. The molecule has 2 aliphatic rings. The van der Waals surface area contributed by atoms with Crippen LogP contribution < -0.4 is 0 Å². The van der Waals surface area contributed by atoms with Crippen LogP contribution >= 0.6 is 11.8 Å². The second-order valence-corrected chi connectivity index (χ2v) is 8.33. The van der Waals surface area contributed by atoms with Gasteiger partial charge in [0.15, 0.2) is 0 Å². The Morgan fingerprint density at radius 2 is 1.93 bits per heavy atom. The molecule has 0 spiro atoms. The van der Waals surface area contributed by atoms with E-state index in [4.69, 9.17) is 4.74 Å². The largest absolute Gasteiger partial charge is 0.367 e. The summed E-state index contributed by atoms with van der Waals surface area (Å²) in [5.41, 5.74) is 3.32. The van der Waals surface area contributed by atoms with Crippen LogP contribution in [-0.4, -0.2) is 41.6 Å². The average molecular weight is 386 g/mol. The molecule has 0 saturated carbocycles. The van der Waals surface area contributed by atoms with Gasteiger partial charge in [0.05, 0.1) is 12.6 Å². The third-order valence-corrected chi connectivity index (χ3v) is 6.63. The summed E-state index contributed by atoms with van der Waals surface area (Å²) < 4.78 is 19.4. The monoisotopic (exact) mass is 385 g/mol. The van der Waals surface area contributed by atoms with E-state index in [2.05, 4.69) is 18.4 Å². The highest BCUT2D eigenvalue weighted by atomic mass is 32.2. The fraction of sp³-hybridized carbons (Fsp3) is 0.409. The Hall–Kier alpha value is -1.85. The summed E-state index contributed by atoms with van der Waals surface area (Å²) in [6.45, 7) is 1.28. The molecule has 1 amide bonds. The maximum Gasteiger partial charge on any atom is 0.252 e. The van der Waals surface area contributed by atoms with Crippen molar-refractivity contribution in [3.05, 3.63) is 71.0 Å². The van der Waals surface area contributed by atoms with Gasteiger partial charge in [-0.25, -0.2) is 4.39 Å². The normalized spacial score (nSPS) is 25.1. The lowest BCUT2D eigenvalue weighted by Crippen LogP contribution is -2.48. The number of fused-ring (bicyclic) bond motifs is 1. The maximum atomic E-state index is 13.5. The lowest BCUT2D eigenvalue weighted by molar-refractivity contribution is -0.148. The fourth-order valence-corrected chi connectivity index (χ4v) is 4.69. The number of halogens is 1. The first-order chi connectivity index (χ1) is 13.2. The first-order valence-electron chi connectivity index (χ1n) is 9.45. The Morgan fingerprint density at radius 1 is 1.15 bits per heavy atom. The van der Waals surface area contributed by atoms with E-state index in [1.807, 2.05) is 17.0 Å². The molecule has 0 aliphatic carbocycles. The van der Waals surface area contributed by atoms with E-state index in [9.17, 15) is 9.18 Å². The highest BCUT2D eigenvalue weighted by Crippen LogP contribution is 2.36. The summed E-state index contributed by atoms with van der Waals surface area (Å²) in [6, 6.07) is 14.5. The number of ether oxygens (including phenoxy) is 1. The summed E-state index contributed by atoms with van der Waals surface area (Å²) in [6.07, 6.45) is 4.31. The zero-order valence-corrected chi connectivity index (χ0v) is 16.3. The van der Waals surface area contributed by atoms with Gasteiger partial charge in [0, 0.05) is 11.8 Å². The van der Waals surface area contributed by atoms with Gasteiger partial charge >= 0.3 is 0 Å². The van der Waals surface area contributed by atoms with E-state index in [1.54, 1.807) is 23.9 Å². The van der Waals surface area contributed by atoms with Crippen LogP contribution in [0.1, 0.15) is 35.6 Å². The van der Waals surface area contributed by atoms with Crippen LogP contribution in [0.5, 0.6) is 0 Å². The molecule has 2 aromatic rings. The number of thioether (sulfide) groups is 1. The van der Waals surface area contributed by atoms with Crippen molar-refractivity contribution in [1.29, 1.82) is 0 Å². The summed E-state index contributed by atoms with van der Waals surface area (Å²) in [5.74, 6) is -0.210. The SMILES string of the molecule is CS[C@@H]1CC[C@H](C(=O)N2CCc3ccccc3[C@@H]2c2ccc(F)cc2)OC1. The van der Waals surface area contributed by atoms with Gasteiger partial charge in [0.2, 0.25) is 0 Å². The number of amides is 1. The molecule has 0 aromatic heterocycles. The molecule has 2 aliphatic heterocycles. The van der Waals surface area contributed by atoms with Gasteiger partial charge < -0.3 is 9.64 Å². The predicted molar refractivity (Wildman–Crippen MR) is 106 cm³/mol. The molecule has 142 valence electrons. The first kappa shape index (κ1) is 18.5. The number of carbonyl (C=O) groups is 1. The van der Waals surface area contributed by atoms with Gasteiger partial charge in [0.25, 0.3) is 5.91 Å². The Kier molecular flexibility index (Phi) is 5.50. The van der Waals surface area contributed by atoms with Crippen LogP contribution in [0.2, 0.25) is 0 Å². The Balaban J connectivity index is 1.64. The van der Waals surface area contributed by atoms with Crippen LogP contribution in [0.3, 0.4) is 0 Å². The lowest BCUT2D eigenvalue weighted by Gasteiger charge is -2.40. The first-order valence-corrected chi connectivity index (χ1v) is 10.7. The quantitative estimate of drug-likeness (QED) is 0.793. The Bertz CT molecular complexity index is 802. The van der Waals surface area contributed by atoms with E-state index in [0.717, 1.165) is 30.4 Å². The van der Waals surface area contributed by atoms with E-state index in [1.165, 1.54) is 17.7 Å². The molecule has 27 heavy (non-hydrogen) atoms. The molecule has 4 rings (SSSR count). The molecule has 1 fully saturated rings. The van der Waals surface area contributed by atoms with Crippen LogP contribution in [-0.2, 0) is 16.0 Å². The van der Waals surface area contributed by atoms with E-state index >= 15 is 0 Å². The minimum atomic E-state index is -0.374. The zero-order valence-electron chi connectivity index (χ0n) is 15.4. The molecule has 0 N–H and O–H groups in total. The molecule has 2 heterocycles. The van der Waals surface area contributed by atoms with Gasteiger partial charge in [-0.05, 0) is 54.3 Å². The molecule has 3 nitrogen and oxygen atoms in total.